The van der Waals surface area contributed by atoms with Crippen molar-refractivity contribution in [3.8, 4) is 0 Å². The molecule has 0 aromatic heterocycles. The fourth-order valence-electron chi connectivity index (χ4n) is 3.06. The van der Waals surface area contributed by atoms with Crippen LogP contribution in [0.15, 0.2) is 36.4 Å². The highest BCUT2D eigenvalue weighted by Gasteiger charge is 2.20. The van der Waals surface area contributed by atoms with Crippen LogP contribution in [-0.2, 0) is 24.2 Å². The molecule has 1 aliphatic heterocycles. The Morgan fingerprint density at radius 1 is 1.24 bits per heavy atom. The van der Waals surface area contributed by atoms with Crippen molar-refractivity contribution in [1.29, 1.82) is 0 Å². The molecule has 0 aliphatic carbocycles. The molecule has 0 spiro atoms. The summed E-state index contributed by atoms with van der Waals surface area (Å²) in [5, 5.41) is 5.98. The molecule has 1 atom stereocenters. The van der Waals surface area contributed by atoms with Crippen molar-refractivity contribution in [2.45, 2.75) is 39.2 Å². The number of hydrogen-bond donors (Lipinski definition) is 2. The third-order valence-corrected chi connectivity index (χ3v) is 4.75. The Balaban J connectivity index is 0.00000225. The minimum absolute atomic E-state index is 0. The molecule has 2 N–H and O–H groups in total. The number of hydrogen-bond acceptors (Lipinski definition) is 2. The first-order valence-electron chi connectivity index (χ1n) is 8.50. The van der Waals surface area contributed by atoms with Crippen molar-refractivity contribution in [3.05, 3.63) is 64.5 Å². The molecular weight excluding hydrogens is 339 g/mol. The van der Waals surface area contributed by atoms with Gasteiger partial charge in [-0.3, -0.25) is 4.79 Å². The van der Waals surface area contributed by atoms with Gasteiger partial charge >= 0.3 is 0 Å². The zero-order valence-corrected chi connectivity index (χ0v) is 15.4. The van der Waals surface area contributed by atoms with Gasteiger partial charge in [-0.1, -0.05) is 37.3 Å². The molecule has 1 aliphatic rings. The summed E-state index contributed by atoms with van der Waals surface area (Å²) >= 11 is 0. The van der Waals surface area contributed by atoms with Crippen LogP contribution >= 0.6 is 12.4 Å². The Morgan fingerprint density at radius 3 is 2.64 bits per heavy atom. The molecule has 0 radical (unpaired) electrons. The number of rotatable bonds is 4. The van der Waals surface area contributed by atoms with Gasteiger partial charge in [0.2, 0.25) is 5.91 Å². The lowest BCUT2D eigenvalue weighted by Gasteiger charge is -2.20. The van der Waals surface area contributed by atoms with Gasteiger partial charge in [0, 0.05) is 6.54 Å². The molecule has 3 rings (SSSR count). The van der Waals surface area contributed by atoms with E-state index in [9.17, 15) is 9.18 Å². The highest BCUT2D eigenvalue weighted by Crippen LogP contribution is 2.26. The minimum Gasteiger partial charge on any atom is -0.323 e. The molecular formula is C20H24ClFN2O. The predicted molar refractivity (Wildman–Crippen MR) is 102 cm³/mol. The van der Waals surface area contributed by atoms with E-state index < -0.39 is 0 Å². The maximum Gasteiger partial charge on any atom is 0.231 e. The third kappa shape index (κ3) is 4.20. The Kier molecular flexibility index (Phi) is 6.57. The minimum atomic E-state index is -0.326. The largest absolute Gasteiger partial charge is 0.323 e. The molecule has 1 heterocycles. The first kappa shape index (κ1) is 19.4. The summed E-state index contributed by atoms with van der Waals surface area (Å²) in [5.74, 6) is -0.809. The van der Waals surface area contributed by atoms with Crippen LogP contribution in [0.3, 0.4) is 0 Å². The van der Waals surface area contributed by atoms with E-state index in [1.165, 1.54) is 5.56 Å². The van der Waals surface area contributed by atoms with Crippen LogP contribution in [-0.4, -0.2) is 12.5 Å². The maximum absolute atomic E-state index is 14.6. The van der Waals surface area contributed by atoms with Crippen LogP contribution in [0.1, 0.15) is 42.0 Å². The Bertz CT molecular complexity index is 746. The van der Waals surface area contributed by atoms with E-state index in [2.05, 4.69) is 17.6 Å². The van der Waals surface area contributed by atoms with Gasteiger partial charge < -0.3 is 10.6 Å². The Labute approximate surface area is 154 Å². The summed E-state index contributed by atoms with van der Waals surface area (Å²) in [6.07, 6.45) is 1.62. The summed E-state index contributed by atoms with van der Waals surface area (Å²) in [6, 6.07) is 11.6. The predicted octanol–water partition coefficient (Wildman–Crippen LogP) is 4.20. The van der Waals surface area contributed by atoms with Crippen molar-refractivity contribution in [2.75, 3.05) is 11.9 Å². The first-order chi connectivity index (χ1) is 11.6. The van der Waals surface area contributed by atoms with Crippen molar-refractivity contribution in [3.63, 3.8) is 0 Å². The van der Waals surface area contributed by atoms with E-state index in [-0.39, 0.29) is 35.7 Å². The van der Waals surface area contributed by atoms with E-state index in [1.54, 1.807) is 6.07 Å². The smallest absolute Gasteiger partial charge is 0.231 e. The zero-order valence-electron chi connectivity index (χ0n) is 14.6. The Morgan fingerprint density at radius 2 is 1.96 bits per heavy atom. The van der Waals surface area contributed by atoms with Gasteiger partial charge in [-0.05, 0) is 54.6 Å². The normalized spacial score (nSPS) is 14.2. The fraction of sp³-hybridized carbons (Fsp3) is 0.350. The average Bonchev–Trinajstić information content (AvgIpc) is 2.63. The first-order valence-corrected chi connectivity index (χ1v) is 8.50. The molecule has 2 aromatic carbocycles. The van der Waals surface area contributed by atoms with Crippen molar-refractivity contribution >= 4 is 24.0 Å². The monoisotopic (exact) mass is 362 g/mol. The second-order valence-electron chi connectivity index (χ2n) is 6.30. The molecule has 5 heteroatoms. The standard InChI is InChI=1S/C20H23FN2O.ClH/c1-3-14-4-6-15(7-5-14)13(2)20(24)23-18-9-8-16-12-22-11-10-17(16)19(18)21;/h4-9,13,22H,3,10-12H2,1-2H3,(H,23,24);1H. The summed E-state index contributed by atoms with van der Waals surface area (Å²) in [6.45, 7) is 5.39. The number of carbonyl (C=O) groups is 1. The van der Waals surface area contributed by atoms with Crippen molar-refractivity contribution in [2.24, 2.45) is 0 Å². The zero-order chi connectivity index (χ0) is 17.1. The Hall–Kier alpha value is -1.91. The highest BCUT2D eigenvalue weighted by molar-refractivity contribution is 5.95. The number of benzene rings is 2. The molecule has 0 bridgehead atoms. The molecule has 1 unspecified atom stereocenters. The van der Waals surface area contributed by atoms with Gasteiger partial charge in [0.15, 0.2) is 0 Å². The van der Waals surface area contributed by atoms with Crippen LogP contribution in [0.4, 0.5) is 10.1 Å². The van der Waals surface area contributed by atoms with Gasteiger partial charge in [-0.15, -0.1) is 12.4 Å². The van der Waals surface area contributed by atoms with E-state index in [1.807, 2.05) is 37.3 Å². The molecule has 3 nitrogen and oxygen atoms in total. The van der Waals surface area contributed by atoms with E-state index in [0.29, 0.717) is 18.5 Å². The van der Waals surface area contributed by atoms with Gasteiger partial charge in [0.25, 0.3) is 0 Å². The number of carbonyl (C=O) groups excluding carboxylic acids is 1. The summed E-state index contributed by atoms with van der Waals surface area (Å²) in [4.78, 5) is 12.5. The number of anilines is 1. The van der Waals surface area contributed by atoms with E-state index >= 15 is 0 Å². The van der Waals surface area contributed by atoms with Crippen molar-refractivity contribution in [1.82, 2.24) is 5.32 Å². The lowest BCUT2D eigenvalue weighted by molar-refractivity contribution is -0.117. The van der Waals surface area contributed by atoms with Crippen LogP contribution in [0, 0.1) is 5.82 Å². The van der Waals surface area contributed by atoms with Crippen LogP contribution < -0.4 is 10.6 Å². The number of aryl methyl sites for hydroxylation is 1. The summed E-state index contributed by atoms with van der Waals surface area (Å²) in [5.41, 5.74) is 4.14. The van der Waals surface area contributed by atoms with Crippen LogP contribution in [0.5, 0.6) is 0 Å². The third-order valence-electron chi connectivity index (χ3n) is 4.75. The van der Waals surface area contributed by atoms with E-state index in [4.69, 9.17) is 0 Å². The second-order valence-corrected chi connectivity index (χ2v) is 6.30. The molecule has 25 heavy (non-hydrogen) atoms. The highest BCUT2D eigenvalue weighted by atomic mass is 35.5. The fourth-order valence-corrected chi connectivity index (χ4v) is 3.06. The number of nitrogens with one attached hydrogen (secondary N) is 2. The van der Waals surface area contributed by atoms with Crippen LogP contribution in [0.2, 0.25) is 0 Å². The van der Waals surface area contributed by atoms with Gasteiger partial charge in [0.05, 0.1) is 11.6 Å². The topological polar surface area (TPSA) is 41.1 Å². The SMILES string of the molecule is CCc1ccc(C(C)C(=O)Nc2ccc3c(c2F)CCNC3)cc1.Cl. The maximum atomic E-state index is 14.6. The molecule has 0 saturated carbocycles. The number of halogens is 2. The lowest BCUT2D eigenvalue weighted by atomic mass is 9.97. The molecule has 0 fully saturated rings. The summed E-state index contributed by atoms with van der Waals surface area (Å²) < 4.78 is 14.6. The number of fused-ring (bicyclic) bond motifs is 1. The van der Waals surface area contributed by atoms with Gasteiger partial charge in [-0.25, -0.2) is 4.39 Å². The molecule has 134 valence electrons. The summed E-state index contributed by atoms with van der Waals surface area (Å²) in [7, 11) is 0. The average molecular weight is 363 g/mol. The van der Waals surface area contributed by atoms with Gasteiger partial charge in [0.1, 0.15) is 5.82 Å². The molecule has 2 aromatic rings. The lowest BCUT2D eigenvalue weighted by Crippen LogP contribution is -2.26. The molecule has 0 saturated heterocycles. The second kappa shape index (κ2) is 8.45. The van der Waals surface area contributed by atoms with E-state index in [0.717, 1.165) is 24.1 Å². The van der Waals surface area contributed by atoms with Gasteiger partial charge in [-0.2, -0.15) is 0 Å². The van der Waals surface area contributed by atoms with Crippen molar-refractivity contribution < 1.29 is 9.18 Å². The number of amides is 1. The quantitative estimate of drug-likeness (QED) is 0.855. The van der Waals surface area contributed by atoms with Crippen LogP contribution in [0.25, 0.3) is 0 Å². The molecule has 1 amide bonds.